The number of hydrogen-bond acceptors (Lipinski definition) is 5. The van der Waals surface area contributed by atoms with Gasteiger partial charge in [-0.15, -0.1) is 0 Å². The molecule has 2 aromatic carbocycles. The van der Waals surface area contributed by atoms with Gasteiger partial charge >= 0.3 is 0 Å². The van der Waals surface area contributed by atoms with E-state index in [0.717, 1.165) is 4.47 Å². The minimum Gasteiger partial charge on any atom is -0.367 e. The molecule has 0 radical (unpaired) electrons. The van der Waals surface area contributed by atoms with Crippen molar-refractivity contribution in [2.24, 2.45) is 0 Å². The Morgan fingerprint density at radius 3 is 2.17 bits per heavy atom. The predicted molar refractivity (Wildman–Crippen MR) is 113 cm³/mol. The van der Waals surface area contributed by atoms with Crippen LogP contribution in [0.1, 0.15) is 0 Å². The van der Waals surface area contributed by atoms with Crippen molar-refractivity contribution < 1.29 is 21.2 Å². The van der Waals surface area contributed by atoms with Crippen molar-refractivity contribution in [3.8, 4) is 0 Å². The summed E-state index contributed by atoms with van der Waals surface area (Å²) >= 11 is 3.23. The topological polar surface area (TPSA) is 86.8 Å². The molecule has 1 saturated heterocycles. The van der Waals surface area contributed by atoms with Crippen LogP contribution in [0.2, 0.25) is 0 Å². The number of nitrogens with zero attached hydrogens (tertiary/aromatic N) is 2. The van der Waals surface area contributed by atoms with Crippen LogP contribution >= 0.6 is 15.9 Å². The maximum Gasteiger partial charge on any atom is 0.240 e. The molecule has 11 heteroatoms. The normalized spacial score (nSPS) is 16.1. The van der Waals surface area contributed by atoms with Gasteiger partial charge in [-0.25, -0.2) is 25.9 Å². The number of benzene rings is 2. The smallest absolute Gasteiger partial charge is 0.240 e. The Morgan fingerprint density at radius 1 is 0.931 bits per heavy atom. The number of anilines is 1. The first-order valence-electron chi connectivity index (χ1n) is 8.91. The van der Waals surface area contributed by atoms with Crippen LogP contribution in [-0.4, -0.2) is 59.6 Å². The summed E-state index contributed by atoms with van der Waals surface area (Å²) in [5, 5.41) is 0. The van der Waals surface area contributed by atoms with E-state index < -0.39 is 20.0 Å². The number of sulfonamides is 2. The first-order chi connectivity index (χ1) is 13.7. The minimum atomic E-state index is -3.78. The van der Waals surface area contributed by atoms with Crippen LogP contribution in [0.15, 0.2) is 57.9 Å². The van der Waals surface area contributed by atoms with E-state index in [1.165, 1.54) is 22.5 Å². The second-order valence-corrected chi connectivity index (χ2v) is 11.3. The Kier molecular flexibility index (Phi) is 6.94. The van der Waals surface area contributed by atoms with E-state index in [4.69, 9.17) is 0 Å². The molecule has 0 unspecified atom stereocenters. The van der Waals surface area contributed by atoms with Gasteiger partial charge in [-0.1, -0.05) is 28.1 Å². The Bertz CT molecular complexity index is 1050. The molecule has 0 aliphatic carbocycles. The standard InChI is InChI=1S/C18H21BrFN3O4S2/c19-15-5-7-16(8-6-15)29(26,27)21-9-14-28(24,25)23-12-10-22(11-13-23)18-4-2-1-3-17(18)20/h1-8,21H,9-14H2. The van der Waals surface area contributed by atoms with E-state index in [2.05, 4.69) is 20.7 Å². The molecule has 0 amide bonds. The van der Waals surface area contributed by atoms with E-state index in [-0.39, 0.29) is 36.1 Å². The van der Waals surface area contributed by atoms with Gasteiger partial charge in [-0.05, 0) is 36.4 Å². The van der Waals surface area contributed by atoms with Crippen LogP contribution in [0.4, 0.5) is 10.1 Å². The van der Waals surface area contributed by atoms with E-state index in [1.54, 1.807) is 35.2 Å². The second kappa shape index (κ2) is 9.09. The maximum atomic E-state index is 13.9. The zero-order chi connectivity index (χ0) is 21.1. The van der Waals surface area contributed by atoms with Gasteiger partial charge in [0, 0.05) is 37.2 Å². The first kappa shape index (κ1) is 22.2. The highest BCUT2D eigenvalue weighted by atomic mass is 79.9. The van der Waals surface area contributed by atoms with Gasteiger partial charge in [0.05, 0.1) is 16.3 Å². The SMILES string of the molecule is O=S(=O)(NCCS(=O)(=O)N1CCN(c2ccccc2F)CC1)c1ccc(Br)cc1. The summed E-state index contributed by atoms with van der Waals surface area (Å²) < 4.78 is 67.9. The highest BCUT2D eigenvalue weighted by Gasteiger charge is 2.28. The van der Waals surface area contributed by atoms with Crippen molar-refractivity contribution in [1.82, 2.24) is 9.03 Å². The molecule has 2 aromatic rings. The fraction of sp³-hybridized carbons (Fsp3) is 0.333. The van der Waals surface area contributed by atoms with Gasteiger partial charge in [0.1, 0.15) is 5.82 Å². The van der Waals surface area contributed by atoms with Crippen molar-refractivity contribution in [3.63, 3.8) is 0 Å². The zero-order valence-corrected chi connectivity index (χ0v) is 18.7. The lowest BCUT2D eigenvalue weighted by Gasteiger charge is -2.35. The molecule has 158 valence electrons. The third-order valence-corrected chi connectivity index (χ3v) is 8.48. The average Bonchev–Trinajstić information content (AvgIpc) is 2.68. The Morgan fingerprint density at radius 2 is 1.55 bits per heavy atom. The second-order valence-electron chi connectivity index (χ2n) is 6.51. The van der Waals surface area contributed by atoms with Crippen molar-refractivity contribution in [2.45, 2.75) is 4.90 Å². The molecule has 0 bridgehead atoms. The van der Waals surface area contributed by atoms with Crippen LogP contribution in [0.25, 0.3) is 0 Å². The molecule has 0 spiro atoms. The predicted octanol–water partition coefficient (Wildman–Crippen LogP) is 2.02. The van der Waals surface area contributed by atoms with Crippen molar-refractivity contribution in [2.75, 3.05) is 43.4 Å². The highest BCUT2D eigenvalue weighted by Crippen LogP contribution is 2.21. The van der Waals surface area contributed by atoms with Crippen LogP contribution in [0.3, 0.4) is 0 Å². The first-order valence-corrected chi connectivity index (χ1v) is 12.8. The molecule has 1 aliphatic heterocycles. The summed E-state index contributed by atoms with van der Waals surface area (Å²) in [6, 6.07) is 12.4. The molecule has 29 heavy (non-hydrogen) atoms. The zero-order valence-electron chi connectivity index (χ0n) is 15.5. The number of halogens is 2. The van der Waals surface area contributed by atoms with Crippen molar-refractivity contribution >= 4 is 41.7 Å². The molecule has 0 atom stereocenters. The van der Waals surface area contributed by atoms with E-state index in [1.807, 2.05) is 0 Å². The minimum absolute atomic E-state index is 0.0663. The summed E-state index contributed by atoms with van der Waals surface area (Å²) in [6.07, 6.45) is 0. The maximum absolute atomic E-state index is 13.9. The molecule has 1 aliphatic rings. The van der Waals surface area contributed by atoms with Gasteiger partial charge in [-0.2, -0.15) is 4.31 Å². The molecular weight excluding hydrogens is 485 g/mol. The van der Waals surface area contributed by atoms with Gasteiger partial charge in [0.15, 0.2) is 0 Å². The summed E-state index contributed by atoms with van der Waals surface area (Å²) in [5.41, 5.74) is 0.451. The van der Waals surface area contributed by atoms with Gasteiger partial charge in [0.2, 0.25) is 20.0 Å². The summed E-state index contributed by atoms with van der Waals surface area (Å²) in [4.78, 5) is 1.87. The molecule has 0 saturated carbocycles. The summed E-state index contributed by atoms with van der Waals surface area (Å²) in [7, 11) is -7.42. The summed E-state index contributed by atoms with van der Waals surface area (Å²) in [6.45, 7) is 0.941. The summed E-state index contributed by atoms with van der Waals surface area (Å²) in [5.74, 6) is -0.686. The number of piperazine rings is 1. The molecule has 1 N–H and O–H groups in total. The number of para-hydroxylation sites is 1. The Balaban J connectivity index is 1.54. The fourth-order valence-corrected chi connectivity index (χ4v) is 5.81. The number of nitrogens with one attached hydrogen (secondary N) is 1. The number of rotatable bonds is 7. The van der Waals surface area contributed by atoms with E-state index in [0.29, 0.717) is 18.8 Å². The highest BCUT2D eigenvalue weighted by molar-refractivity contribution is 9.10. The molecule has 1 fully saturated rings. The quantitative estimate of drug-likeness (QED) is 0.621. The molecule has 1 heterocycles. The van der Waals surface area contributed by atoms with Gasteiger partial charge in [-0.3, -0.25) is 0 Å². The van der Waals surface area contributed by atoms with Gasteiger partial charge in [0.25, 0.3) is 0 Å². The van der Waals surface area contributed by atoms with Gasteiger partial charge < -0.3 is 4.90 Å². The fourth-order valence-electron chi connectivity index (χ4n) is 3.05. The van der Waals surface area contributed by atoms with E-state index >= 15 is 0 Å². The largest absolute Gasteiger partial charge is 0.367 e. The third kappa shape index (κ3) is 5.54. The molecule has 3 rings (SSSR count). The third-order valence-electron chi connectivity index (χ3n) is 4.60. The number of hydrogen-bond donors (Lipinski definition) is 1. The lowest BCUT2D eigenvalue weighted by atomic mass is 10.2. The molecular formula is C18H21BrFN3O4S2. The van der Waals surface area contributed by atoms with Crippen molar-refractivity contribution in [3.05, 3.63) is 58.8 Å². The lowest BCUT2D eigenvalue weighted by Crippen LogP contribution is -2.50. The monoisotopic (exact) mass is 505 g/mol. The van der Waals surface area contributed by atoms with Crippen LogP contribution in [0.5, 0.6) is 0 Å². The average molecular weight is 506 g/mol. The Hall–Kier alpha value is -1.53. The van der Waals surface area contributed by atoms with Crippen molar-refractivity contribution in [1.29, 1.82) is 0 Å². The molecule has 7 nitrogen and oxygen atoms in total. The van der Waals surface area contributed by atoms with E-state index in [9.17, 15) is 21.2 Å². The lowest BCUT2D eigenvalue weighted by molar-refractivity contribution is 0.383. The van der Waals surface area contributed by atoms with Crippen LogP contribution < -0.4 is 9.62 Å². The Labute approximate surface area is 178 Å². The molecule has 0 aromatic heterocycles. The van der Waals surface area contributed by atoms with Crippen LogP contribution in [-0.2, 0) is 20.0 Å². The van der Waals surface area contributed by atoms with Crippen LogP contribution in [0, 0.1) is 5.82 Å².